The summed E-state index contributed by atoms with van der Waals surface area (Å²) in [5.74, 6) is 0.793. The Kier molecular flexibility index (Phi) is 5.88. The van der Waals surface area contributed by atoms with Crippen molar-refractivity contribution in [2.45, 2.75) is 95.0 Å². The standard InChI is InChI=1S/C28H40FN3O2/c1-19-10-11-24(29)28(20-6-3-2-4-7-20)17-23(31-25(19)28)26(33)30-21-8-5-9-22(16-21)32-14-15-34-27(18-32)12-13-27/h5,8-9,16,19-20,23-25,31H,2-4,6-7,10-15,17-18H2,1H3,(H,30,33). The number of morpholine rings is 1. The second-order valence-corrected chi connectivity index (χ2v) is 11.9. The van der Waals surface area contributed by atoms with Gasteiger partial charge in [-0.3, -0.25) is 4.79 Å². The fraction of sp³-hybridized carbons (Fsp3) is 0.750. The molecule has 1 amide bonds. The summed E-state index contributed by atoms with van der Waals surface area (Å²) in [4.78, 5) is 15.8. The zero-order valence-electron chi connectivity index (χ0n) is 20.5. The van der Waals surface area contributed by atoms with E-state index in [4.69, 9.17) is 4.74 Å². The predicted molar refractivity (Wildman–Crippen MR) is 133 cm³/mol. The topological polar surface area (TPSA) is 53.6 Å². The van der Waals surface area contributed by atoms with Crippen molar-refractivity contribution in [1.82, 2.24) is 5.32 Å². The van der Waals surface area contributed by atoms with Gasteiger partial charge in [0.25, 0.3) is 0 Å². The number of nitrogens with one attached hydrogen (secondary N) is 2. The third-order valence-corrected chi connectivity index (χ3v) is 9.76. The summed E-state index contributed by atoms with van der Waals surface area (Å²) in [6.45, 7) is 4.82. The summed E-state index contributed by atoms with van der Waals surface area (Å²) >= 11 is 0. The molecule has 34 heavy (non-hydrogen) atoms. The van der Waals surface area contributed by atoms with E-state index in [1.807, 2.05) is 12.1 Å². The minimum absolute atomic E-state index is 0.0122. The number of fused-ring (bicyclic) bond motifs is 1. The van der Waals surface area contributed by atoms with Gasteiger partial charge >= 0.3 is 0 Å². The Bertz CT molecular complexity index is 915. The number of anilines is 2. The van der Waals surface area contributed by atoms with Crippen LogP contribution in [-0.4, -0.2) is 49.5 Å². The molecule has 3 aliphatic carbocycles. The molecule has 2 saturated heterocycles. The van der Waals surface area contributed by atoms with Gasteiger partial charge in [-0.25, -0.2) is 4.39 Å². The molecule has 5 aliphatic rings. The van der Waals surface area contributed by atoms with Crippen LogP contribution >= 0.6 is 0 Å². The van der Waals surface area contributed by atoms with Crippen LogP contribution in [0.25, 0.3) is 0 Å². The van der Waals surface area contributed by atoms with E-state index in [1.165, 1.54) is 19.3 Å². The molecule has 2 aliphatic heterocycles. The van der Waals surface area contributed by atoms with Crippen molar-refractivity contribution >= 4 is 17.3 Å². The average Bonchev–Trinajstić information content (AvgIpc) is 3.45. The molecule has 1 aromatic rings. The summed E-state index contributed by atoms with van der Waals surface area (Å²) in [6.07, 6.45) is 9.56. The van der Waals surface area contributed by atoms with Crippen molar-refractivity contribution in [3.05, 3.63) is 24.3 Å². The fourth-order valence-corrected chi connectivity index (χ4v) is 7.77. The van der Waals surface area contributed by atoms with Crippen molar-refractivity contribution < 1.29 is 13.9 Å². The zero-order chi connectivity index (χ0) is 23.3. The van der Waals surface area contributed by atoms with E-state index in [0.717, 1.165) is 63.2 Å². The van der Waals surface area contributed by atoms with Crippen LogP contribution < -0.4 is 15.5 Å². The van der Waals surface area contributed by atoms with E-state index in [1.54, 1.807) is 0 Å². The van der Waals surface area contributed by atoms with Crippen LogP contribution in [0.3, 0.4) is 0 Å². The largest absolute Gasteiger partial charge is 0.371 e. The van der Waals surface area contributed by atoms with Gasteiger partial charge in [0.1, 0.15) is 6.17 Å². The number of carbonyl (C=O) groups is 1. The third-order valence-electron chi connectivity index (χ3n) is 9.76. The molecule has 5 nitrogen and oxygen atoms in total. The SMILES string of the molecule is CC1CCC(F)C2(C3CCCCC3)CC(C(=O)Nc3cccc(N4CCOC5(CC5)C4)c3)NC12. The molecule has 5 unspecified atom stereocenters. The molecular weight excluding hydrogens is 429 g/mol. The van der Waals surface area contributed by atoms with Crippen LogP contribution in [0.5, 0.6) is 0 Å². The Balaban J connectivity index is 1.18. The molecule has 0 radical (unpaired) electrons. The lowest BCUT2D eigenvalue weighted by molar-refractivity contribution is -0.118. The van der Waals surface area contributed by atoms with Gasteiger partial charge in [-0.15, -0.1) is 0 Å². The summed E-state index contributed by atoms with van der Waals surface area (Å²) in [5, 5.41) is 6.83. The van der Waals surface area contributed by atoms with E-state index in [-0.39, 0.29) is 29.0 Å². The lowest BCUT2D eigenvalue weighted by Gasteiger charge is -2.51. The Labute approximate surface area is 203 Å². The van der Waals surface area contributed by atoms with Crippen molar-refractivity contribution in [3.8, 4) is 0 Å². The van der Waals surface area contributed by atoms with E-state index in [9.17, 15) is 4.79 Å². The maximum absolute atomic E-state index is 15.8. The fourth-order valence-electron chi connectivity index (χ4n) is 7.77. The molecule has 2 heterocycles. The van der Waals surface area contributed by atoms with Crippen molar-refractivity contribution in [2.75, 3.05) is 29.9 Å². The first-order valence-electron chi connectivity index (χ1n) is 13.7. The highest BCUT2D eigenvalue weighted by Gasteiger charge is 2.60. The van der Waals surface area contributed by atoms with Gasteiger partial charge in [0, 0.05) is 35.9 Å². The monoisotopic (exact) mass is 469 g/mol. The molecule has 5 fully saturated rings. The highest BCUT2D eigenvalue weighted by molar-refractivity contribution is 5.95. The molecule has 0 aromatic heterocycles. The number of carbonyl (C=O) groups excluding carboxylic acids is 1. The second-order valence-electron chi connectivity index (χ2n) is 11.9. The molecule has 5 atom stereocenters. The van der Waals surface area contributed by atoms with Gasteiger partial charge < -0.3 is 20.3 Å². The molecule has 0 bridgehead atoms. The number of nitrogens with zero attached hydrogens (tertiary/aromatic N) is 1. The zero-order valence-corrected chi connectivity index (χ0v) is 20.5. The Morgan fingerprint density at radius 3 is 2.79 bits per heavy atom. The number of ether oxygens (including phenoxy) is 1. The minimum atomic E-state index is -0.804. The normalized spacial score (nSPS) is 37.4. The van der Waals surface area contributed by atoms with Crippen LogP contribution in [0.15, 0.2) is 24.3 Å². The van der Waals surface area contributed by atoms with Gasteiger partial charge in [-0.05, 0) is 75.0 Å². The Morgan fingerprint density at radius 1 is 1.18 bits per heavy atom. The number of hydrogen-bond acceptors (Lipinski definition) is 4. The summed E-state index contributed by atoms with van der Waals surface area (Å²) < 4.78 is 21.7. The van der Waals surface area contributed by atoms with Gasteiger partial charge in [0.2, 0.25) is 5.91 Å². The molecule has 2 N–H and O–H groups in total. The Morgan fingerprint density at radius 2 is 2.00 bits per heavy atom. The number of rotatable bonds is 4. The van der Waals surface area contributed by atoms with Crippen LogP contribution in [0, 0.1) is 17.3 Å². The maximum Gasteiger partial charge on any atom is 0.241 e. The van der Waals surface area contributed by atoms with Crippen LogP contribution in [-0.2, 0) is 9.53 Å². The number of hydrogen-bond donors (Lipinski definition) is 2. The lowest BCUT2D eigenvalue weighted by atomic mass is 9.56. The molecule has 3 saturated carbocycles. The number of amides is 1. The molecule has 6 heteroatoms. The highest BCUT2D eigenvalue weighted by atomic mass is 19.1. The van der Waals surface area contributed by atoms with Crippen molar-refractivity contribution in [2.24, 2.45) is 17.3 Å². The predicted octanol–water partition coefficient (Wildman–Crippen LogP) is 5.06. The molecule has 1 spiro atoms. The molecule has 186 valence electrons. The lowest BCUT2D eigenvalue weighted by Crippen LogP contribution is -2.55. The minimum Gasteiger partial charge on any atom is -0.371 e. The Hall–Kier alpha value is -1.66. The number of alkyl halides is 1. The first-order valence-corrected chi connectivity index (χ1v) is 13.7. The molecule has 1 aromatic carbocycles. The average molecular weight is 470 g/mol. The molecular formula is C28H40FN3O2. The first-order chi connectivity index (χ1) is 16.5. The number of halogens is 1. The summed E-state index contributed by atoms with van der Waals surface area (Å²) in [7, 11) is 0. The van der Waals surface area contributed by atoms with Gasteiger partial charge in [0.15, 0.2) is 0 Å². The quantitative estimate of drug-likeness (QED) is 0.647. The van der Waals surface area contributed by atoms with Gasteiger partial charge in [-0.2, -0.15) is 0 Å². The summed E-state index contributed by atoms with van der Waals surface area (Å²) in [5.41, 5.74) is 1.65. The van der Waals surface area contributed by atoms with E-state index >= 15 is 4.39 Å². The molecule has 6 rings (SSSR count). The van der Waals surface area contributed by atoms with Crippen molar-refractivity contribution in [3.63, 3.8) is 0 Å². The van der Waals surface area contributed by atoms with Gasteiger partial charge in [-0.1, -0.05) is 32.3 Å². The smallest absolute Gasteiger partial charge is 0.241 e. The van der Waals surface area contributed by atoms with Crippen LogP contribution in [0.1, 0.15) is 71.1 Å². The van der Waals surface area contributed by atoms with Crippen molar-refractivity contribution in [1.29, 1.82) is 0 Å². The highest BCUT2D eigenvalue weighted by Crippen LogP contribution is 2.56. The second kappa shape index (κ2) is 8.77. The van der Waals surface area contributed by atoms with Crippen LogP contribution in [0.4, 0.5) is 15.8 Å². The third kappa shape index (κ3) is 3.95. The number of benzene rings is 1. The van der Waals surface area contributed by atoms with E-state index in [0.29, 0.717) is 24.7 Å². The first kappa shape index (κ1) is 22.8. The maximum atomic E-state index is 15.8. The van der Waals surface area contributed by atoms with E-state index < -0.39 is 6.17 Å². The van der Waals surface area contributed by atoms with E-state index in [2.05, 4.69) is 34.6 Å². The summed E-state index contributed by atoms with van der Waals surface area (Å²) in [6, 6.07) is 7.96. The van der Waals surface area contributed by atoms with Crippen LogP contribution in [0.2, 0.25) is 0 Å². The van der Waals surface area contributed by atoms with Gasteiger partial charge in [0.05, 0.1) is 18.2 Å².